The van der Waals surface area contributed by atoms with Crippen LogP contribution >= 0.6 is 0 Å². The Labute approximate surface area is 170 Å². The van der Waals surface area contributed by atoms with E-state index in [0.717, 1.165) is 24.9 Å². The normalized spacial score (nSPS) is 15.1. The zero-order chi connectivity index (χ0) is 20.1. The summed E-state index contributed by atoms with van der Waals surface area (Å²) in [6.07, 6.45) is 2.80. The van der Waals surface area contributed by atoms with Gasteiger partial charge in [-0.05, 0) is 66.8 Å². The van der Waals surface area contributed by atoms with Crippen molar-refractivity contribution < 1.29 is 9.59 Å². The summed E-state index contributed by atoms with van der Waals surface area (Å²) in [5.41, 5.74) is 4.62. The van der Waals surface area contributed by atoms with E-state index in [1.54, 1.807) is 24.3 Å². The Hall–Kier alpha value is -3.60. The van der Waals surface area contributed by atoms with E-state index in [-0.39, 0.29) is 18.0 Å². The standard InChI is InChI=1S/C24H23N3O2/c28-23(25-22-15-10-17-6-4-5-7-19(17)16-22)18-11-13-21(14-12-18)27-24(29)26-20-8-2-1-3-9-20/h1-9,11-14,22H,10,15-16H2,(H,25,28)(H2,26,27,29). The molecule has 1 aliphatic rings. The van der Waals surface area contributed by atoms with E-state index >= 15 is 0 Å². The molecule has 0 fully saturated rings. The zero-order valence-electron chi connectivity index (χ0n) is 16.0. The topological polar surface area (TPSA) is 70.2 Å². The molecular formula is C24H23N3O2. The second-order valence-corrected chi connectivity index (χ2v) is 7.20. The maximum Gasteiger partial charge on any atom is 0.323 e. The number of carbonyl (C=O) groups is 2. The lowest BCUT2D eigenvalue weighted by Gasteiger charge is -2.25. The number of anilines is 2. The summed E-state index contributed by atoms with van der Waals surface area (Å²) in [7, 11) is 0. The summed E-state index contributed by atoms with van der Waals surface area (Å²) >= 11 is 0. The molecule has 146 valence electrons. The maximum atomic E-state index is 12.6. The maximum absolute atomic E-state index is 12.6. The van der Waals surface area contributed by atoms with Crippen LogP contribution in [0.1, 0.15) is 27.9 Å². The summed E-state index contributed by atoms with van der Waals surface area (Å²) in [4.78, 5) is 24.7. The summed E-state index contributed by atoms with van der Waals surface area (Å²) < 4.78 is 0. The van der Waals surface area contributed by atoms with Gasteiger partial charge < -0.3 is 16.0 Å². The molecule has 29 heavy (non-hydrogen) atoms. The van der Waals surface area contributed by atoms with Crippen LogP contribution in [0.5, 0.6) is 0 Å². The first-order valence-electron chi connectivity index (χ1n) is 9.78. The number of carbonyl (C=O) groups excluding carboxylic acids is 2. The third-order valence-electron chi connectivity index (χ3n) is 5.12. The number of para-hydroxylation sites is 1. The molecule has 4 rings (SSSR count). The summed E-state index contributed by atoms with van der Waals surface area (Å²) in [5, 5.41) is 8.66. The van der Waals surface area contributed by atoms with Gasteiger partial charge in [0, 0.05) is 23.0 Å². The number of hydrogen-bond donors (Lipinski definition) is 3. The summed E-state index contributed by atoms with van der Waals surface area (Å²) in [6, 6.07) is 24.4. The van der Waals surface area contributed by atoms with Crippen molar-refractivity contribution in [2.24, 2.45) is 0 Å². The Morgan fingerprint density at radius 3 is 2.07 bits per heavy atom. The van der Waals surface area contributed by atoms with Crippen LogP contribution in [0.4, 0.5) is 16.2 Å². The smallest absolute Gasteiger partial charge is 0.323 e. The lowest BCUT2D eigenvalue weighted by Crippen LogP contribution is -2.38. The van der Waals surface area contributed by atoms with Crippen molar-refractivity contribution in [1.82, 2.24) is 5.32 Å². The van der Waals surface area contributed by atoms with Gasteiger partial charge in [0.1, 0.15) is 0 Å². The highest BCUT2D eigenvalue weighted by atomic mass is 16.2. The number of aryl methyl sites for hydroxylation is 1. The van der Waals surface area contributed by atoms with Gasteiger partial charge in [0.25, 0.3) is 5.91 Å². The van der Waals surface area contributed by atoms with Crippen molar-refractivity contribution in [2.75, 3.05) is 10.6 Å². The van der Waals surface area contributed by atoms with Gasteiger partial charge >= 0.3 is 6.03 Å². The van der Waals surface area contributed by atoms with Crippen LogP contribution in [0, 0.1) is 0 Å². The first kappa shape index (κ1) is 18.7. The third kappa shape index (κ3) is 4.82. The molecule has 3 N–H and O–H groups in total. The monoisotopic (exact) mass is 385 g/mol. The predicted molar refractivity (Wildman–Crippen MR) is 115 cm³/mol. The second kappa shape index (κ2) is 8.61. The fourth-order valence-electron chi connectivity index (χ4n) is 3.61. The highest BCUT2D eigenvalue weighted by molar-refractivity contribution is 6.00. The number of benzene rings is 3. The largest absolute Gasteiger partial charge is 0.349 e. The molecule has 0 aromatic heterocycles. The van der Waals surface area contributed by atoms with Gasteiger partial charge in [-0.15, -0.1) is 0 Å². The van der Waals surface area contributed by atoms with E-state index in [2.05, 4.69) is 34.1 Å². The first-order valence-corrected chi connectivity index (χ1v) is 9.78. The molecule has 0 radical (unpaired) electrons. The molecule has 0 heterocycles. The quantitative estimate of drug-likeness (QED) is 0.613. The number of amides is 3. The van der Waals surface area contributed by atoms with Gasteiger partial charge in [0.15, 0.2) is 0 Å². The summed E-state index contributed by atoms with van der Waals surface area (Å²) in [6.45, 7) is 0. The van der Waals surface area contributed by atoms with Gasteiger partial charge in [-0.2, -0.15) is 0 Å². The molecule has 5 nitrogen and oxygen atoms in total. The number of rotatable bonds is 4. The van der Waals surface area contributed by atoms with Crippen molar-refractivity contribution >= 4 is 23.3 Å². The second-order valence-electron chi connectivity index (χ2n) is 7.20. The van der Waals surface area contributed by atoms with Gasteiger partial charge in [0.2, 0.25) is 0 Å². The molecule has 0 saturated heterocycles. The number of urea groups is 1. The molecule has 3 aromatic rings. The van der Waals surface area contributed by atoms with Gasteiger partial charge in [0.05, 0.1) is 0 Å². The van der Waals surface area contributed by atoms with Crippen LogP contribution in [-0.4, -0.2) is 18.0 Å². The van der Waals surface area contributed by atoms with E-state index in [1.165, 1.54) is 11.1 Å². The average Bonchev–Trinajstić information content (AvgIpc) is 2.75. The lowest BCUT2D eigenvalue weighted by molar-refractivity contribution is 0.0933. The van der Waals surface area contributed by atoms with Crippen molar-refractivity contribution in [3.05, 3.63) is 95.6 Å². The average molecular weight is 385 g/mol. The Morgan fingerprint density at radius 1 is 0.724 bits per heavy atom. The van der Waals surface area contributed by atoms with Crippen molar-refractivity contribution in [3.63, 3.8) is 0 Å². The molecule has 1 unspecified atom stereocenters. The zero-order valence-corrected chi connectivity index (χ0v) is 16.0. The minimum Gasteiger partial charge on any atom is -0.349 e. The molecule has 0 bridgehead atoms. The molecule has 0 aliphatic heterocycles. The third-order valence-corrected chi connectivity index (χ3v) is 5.12. The van der Waals surface area contributed by atoms with Crippen LogP contribution in [-0.2, 0) is 12.8 Å². The van der Waals surface area contributed by atoms with E-state index in [1.807, 2.05) is 36.4 Å². The SMILES string of the molecule is O=C(Nc1ccccc1)Nc1ccc(C(=O)NC2CCc3ccccc3C2)cc1. The molecule has 1 aliphatic carbocycles. The van der Waals surface area contributed by atoms with E-state index in [9.17, 15) is 9.59 Å². The van der Waals surface area contributed by atoms with Gasteiger partial charge in [-0.25, -0.2) is 4.79 Å². The van der Waals surface area contributed by atoms with Gasteiger partial charge in [-0.1, -0.05) is 42.5 Å². The molecule has 1 atom stereocenters. The number of fused-ring (bicyclic) bond motifs is 1. The highest BCUT2D eigenvalue weighted by Gasteiger charge is 2.20. The van der Waals surface area contributed by atoms with Gasteiger partial charge in [-0.3, -0.25) is 4.79 Å². The lowest BCUT2D eigenvalue weighted by atomic mass is 9.88. The van der Waals surface area contributed by atoms with Crippen LogP contribution < -0.4 is 16.0 Å². The fourth-order valence-corrected chi connectivity index (χ4v) is 3.61. The van der Waals surface area contributed by atoms with Crippen molar-refractivity contribution in [1.29, 1.82) is 0 Å². The molecule has 0 saturated carbocycles. The Morgan fingerprint density at radius 2 is 1.34 bits per heavy atom. The van der Waals surface area contributed by atoms with E-state index in [0.29, 0.717) is 11.3 Å². The van der Waals surface area contributed by atoms with Crippen LogP contribution in [0.2, 0.25) is 0 Å². The molecule has 3 amide bonds. The van der Waals surface area contributed by atoms with E-state index in [4.69, 9.17) is 0 Å². The highest BCUT2D eigenvalue weighted by Crippen LogP contribution is 2.21. The Kier molecular flexibility index (Phi) is 5.56. The number of nitrogens with one attached hydrogen (secondary N) is 3. The number of hydrogen-bond acceptors (Lipinski definition) is 2. The molecular weight excluding hydrogens is 362 g/mol. The van der Waals surface area contributed by atoms with Crippen LogP contribution in [0.3, 0.4) is 0 Å². The molecule has 0 spiro atoms. The first-order chi connectivity index (χ1) is 14.2. The minimum atomic E-state index is -0.325. The Bertz CT molecular complexity index is 1000. The molecule has 5 heteroatoms. The molecule has 3 aromatic carbocycles. The minimum absolute atomic E-state index is 0.0883. The van der Waals surface area contributed by atoms with E-state index < -0.39 is 0 Å². The van der Waals surface area contributed by atoms with Crippen molar-refractivity contribution in [2.45, 2.75) is 25.3 Å². The van der Waals surface area contributed by atoms with Crippen molar-refractivity contribution in [3.8, 4) is 0 Å². The Balaban J connectivity index is 1.32. The van der Waals surface area contributed by atoms with Crippen LogP contribution in [0.25, 0.3) is 0 Å². The van der Waals surface area contributed by atoms with Crippen LogP contribution in [0.15, 0.2) is 78.9 Å². The predicted octanol–water partition coefficient (Wildman–Crippen LogP) is 4.62. The fraction of sp³-hybridized carbons (Fsp3) is 0.167. The summed E-state index contributed by atoms with van der Waals surface area (Å²) in [5.74, 6) is -0.0883.